The van der Waals surface area contributed by atoms with Gasteiger partial charge in [-0.2, -0.15) is 0 Å². The largest absolute Gasteiger partial charge is 0.373 e. The second-order valence-electron chi connectivity index (χ2n) is 6.49. The number of hydrogen-bond donors (Lipinski definition) is 0. The summed E-state index contributed by atoms with van der Waals surface area (Å²) >= 11 is 0. The highest BCUT2D eigenvalue weighted by atomic mass is 16.5. The van der Waals surface area contributed by atoms with Crippen LogP contribution in [0.3, 0.4) is 0 Å². The minimum atomic E-state index is 0.0511. The van der Waals surface area contributed by atoms with Crippen molar-refractivity contribution in [3.05, 3.63) is 0 Å². The molecule has 1 aliphatic carbocycles. The van der Waals surface area contributed by atoms with Gasteiger partial charge in [-0.05, 0) is 37.0 Å². The van der Waals surface area contributed by atoms with Crippen LogP contribution in [0.1, 0.15) is 39.5 Å². The van der Waals surface area contributed by atoms with Crippen molar-refractivity contribution in [2.24, 2.45) is 17.8 Å². The second kappa shape index (κ2) is 3.98. The molecule has 1 spiro atoms. The van der Waals surface area contributed by atoms with Crippen molar-refractivity contribution in [2.75, 3.05) is 19.7 Å². The van der Waals surface area contributed by atoms with Crippen molar-refractivity contribution in [1.29, 1.82) is 0 Å². The highest BCUT2D eigenvalue weighted by Crippen LogP contribution is 2.57. The number of carbonyl (C=O) groups excluding carboxylic acids is 1. The maximum absolute atomic E-state index is 12.1. The van der Waals surface area contributed by atoms with Gasteiger partial charge in [-0.15, -0.1) is 0 Å². The monoisotopic (exact) mass is 237 g/mol. The van der Waals surface area contributed by atoms with E-state index in [-0.39, 0.29) is 5.60 Å². The molecule has 96 valence electrons. The number of fused-ring (bicyclic) bond motifs is 2. The molecule has 2 saturated heterocycles. The average molecular weight is 237 g/mol. The molecule has 3 nitrogen and oxygen atoms in total. The van der Waals surface area contributed by atoms with Crippen LogP contribution in [-0.2, 0) is 9.53 Å². The van der Waals surface area contributed by atoms with Crippen molar-refractivity contribution in [3.63, 3.8) is 0 Å². The first-order valence-corrected chi connectivity index (χ1v) is 7.02. The van der Waals surface area contributed by atoms with Gasteiger partial charge in [0.05, 0.1) is 12.2 Å². The fourth-order valence-corrected chi connectivity index (χ4v) is 3.62. The molecule has 3 rings (SSSR count). The molecule has 2 heterocycles. The number of carbonyl (C=O) groups is 1. The summed E-state index contributed by atoms with van der Waals surface area (Å²) in [4.78, 5) is 14.2. The van der Waals surface area contributed by atoms with Gasteiger partial charge in [0.25, 0.3) is 0 Å². The standard InChI is InChI=1S/C14H23NO2/c1-10(2)6-13(16)15-5-3-4-14(9-15)12-7-11(12)8-17-14/h10-12H,3-9H2,1-2H3/t11-,12-,14?/m0/s1. The molecule has 1 unspecified atom stereocenters. The Morgan fingerprint density at radius 2 is 2.35 bits per heavy atom. The molecule has 17 heavy (non-hydrogen) atoms. The van der Waals surface area contributed by atoms with Gasteiger partial charge in [0.2, 0.25) is 5.91 Å². The lowest BCUT2D eigenvalue weighted by Crippen LogP contribution is -2.52. The predicted molar refractivity (Wildman–Crippen MR) is 65.5 cm³/mol. The lowest BCUT2D eigenvalue weighted by Gasteiger charge is -2.41. The third-order valence-corrected chi connectivity index (χ3v) is 4.61. The zero-order chi connectivity index (χ0) is 12.0. The average Bonchev–Trinajstić information content (AvgIpc) is 3.00. The Labute approximate surface area is 104 Å². The third kappa shape index (κ3) is 1.99. The lowest BCUT2D eigenvalue weighted by atomic mass is 9.87. The minimum absolute atomic E-state index is 0.0511. The van der Waals surface area contributed by atoms with Crippen LogP contribution in [0.4, 0.5) is 0 Å². The van der Waals surface area contributed by atoms with E-state index < -0.39 is 0 Å². The van der Waals surface area contributed by atoms with Crippen molar-refractivity contribution in [1.82, 2.24) is 4.90 Å². The summed E-state index contributed by atoms with van der Waals surface area (Å²) in [6, 6.07) is 0. The molecule has 3 heteroatoms. The van der Waals surface area contributed by atoms with Crippen LogP contribution in [0.2, 0.25) is 0 Å². The molecule has 3 atom stereocenters. The lowest BCUT2D eigenvalue weighted by molar-refractivity contribution is -0.142. The van der Waals surface area contributed by atoms with Gasteiger partial charge < -0.3 is 9.64 Å². The van der Waals surface area contributed by atoms with Crippen molar-refractivity contribution in [3.8, 4) is 0 Å². The van der Waals surface area contributed by atoms with Gasteiger partial charge in [0, 0.05) is 19.5 Å². The number of ether oxygens (including phenoxy) is 1. The van der Waals surface area contributed by atoms with E-state index in [1.54, 1.807) is 0 Å². The van der Waals surface area contributed by atoms with E-state index in [0.29, 0.717) is 18.2 Å². The maximum Gasteiger partial charge on any atom is 0.222 e. The van der Waals surface area contributed by atoms with Crippen LogP contribution in [0.15, 0.2) is 0 Å². The van der Waals surface area contributed by atoms with Crippen LogP contribution >= 0.6 is 0 Å². The van der Waals surface area contributed by atoms with Crippen molar-refractivity contribution < 1.29 is 9.53 Å². The number of rotatable bonds is 2. The zero-order valence-corrected chi connectivity index (χ0v) is 10.9. The Hall–Kier alpha value is -0.570. The van der Waals surface area contributed by atoms with Gasteiger partial charge in [-0.3, -0.25) is 4.79 Å². The molecule has 3 fully saturated rings. The van der Waals surface area contributed by atoms with E-state index in [9.17, 15) is 4.79 Å². The molecular formula is C14H23NO2. The first kappa shape index (κ1) is 11.5. The number of piperidine rings is 1. The highest BCUT2D eigenvalue weighted by Gasteiger charge is 2.60. The highest BCUT2D eigenvalue weighted by molar-refractivity contribution is 5.76. The maximum atomic E-state index is 12.1. The summed E-state index contributed by atoms with van der Waals surface area (Å²) in [6.45, 7) is 6.96. The first-order valence-electron chi connectivity index (χ1n) is 7.02. The summed E-state index contributed by atoms with van der Waals surface area (Å²) in [6.07, 6.45) is 4.31. The molecular weight excluding hydrogens is 214 g/mol. The normalized spacial score (nSPS) is 39.8. The fourth-order valence-electron chi connectivity index (χ4n) is 3.62. The molecule has 0 aromatic carbocycles. The summed E-state index contributed by atoms with van der Waals surface area (Å²) in [7, 11) is 0. The van der Waals surface area contributed by atoms with Crippen LogP contribution in [0, 0.1) is 17.8 Å². The molecule has 2 aliphatic heterocycles. The van der Waals surface area contributed by atoms with E-state index in [4.69, 9.17) is 4.74 Å². The third-order valence-electron chi connectivity index (χ3n) is 4.61. The zero-order valence-electron chi connectivity index (χ0n) is 10.9. The Morgan fingerprint density at radius 3 is 2.94 bits per heavy atom. The molecule has 0 N–H and O–H groups in total. The van der Waals surface area contributed by atoms with Crippen molar-refractivity contribution >= 4 is 5.91 Å². The van der Waals surface area contributed by atoms with Gasteiger partial charge in [0.15, 0.2) is 0 Å². The Balaban J connectivity index is 1.65. The van der Waals surface area contributed by atoms with E-state index >= 15 is 0 Å². The van der Waals surface area contributed by atoms with Crippen LogP contribution in [0.5, 0.6) is 0 Å². The van der Waals surface area contributed by atoms with Gasteiger partial charge in [0.1, 0.15) is 0 Å². The van der Waals surface area contributed by atoms with E-state index in [1.165, 1.54) is 12.8 Å². The summed E-state index contributed by atoms with van der Waals surface area (Å²) in [5, 5.41) is 0. The quantitative estimate of drug-likeness (QED) is 0.735. The summed E-state index contributed by atoms with van der Waals surface area (Å²) in [5.74, 6) is 2.36. The smallest absolute Gasteiger partial charge is 0.222 e. The van der Waals surface area contributed by atoms with E-state index in [0.717, 1.165) is 38.0 Å². The first-order chi connectivity index (χ1) is 8.11. The SMILES string of the molecule is CC(C)CC(=O)N1CCCC2(C1)OC[C@@H]1C[C@@H]12. The second-order valence-corrected chi connectivity index (χ2v) is 6.49. The number of hydrogen-bond acceptors (Lipinski definition) is 2. The molecule has 3 aliphatic rings. The fraction of sp³-hybridized carbons (Fsp3) is 0.929. The van der Waals surface area contributed by atoms with E-state index in [2.05, 4.69) is 18.7 Å². The molecule has 0 bridgehead atoms. The topological polar surface area (TPSA) is 29.5 Å². The van der Waals surface area contributed by atoms with Gasteiger partial charge in [-0.1, -0.05) is 13.8 Å². The summed E-state index contributed by atoms with van der Waals surface area (Å²) < 4.78 is 6.03. The predicted octanol–water partition coefficient (Wildman–Crippen LogP) is 2.06. The number of likely N-dealkylation sites (tertiary alicyclic amines) is 1. The molecule has 0 aromatic rings. The van der Waals surface area contributed by atoms with Crippen LogP contribution in [-0.4, -0.2) is 36.1 Å². The Morgan fingerprint density at radius 1 is 1.53 bits per heavy atom. The molecule has 0 radical (unpaired) electrons. The van der Waals surface area contributed by atoms with Crippen molar-refractivity contribution in [2.45, 2.75) is 45.1 Å². The summed E-state index contributed by atoms with van der Waals surface area (Å²) in [5.41, 5.74) is 0.0511. The van der Waals surface area contributed by atoms with E-state index in [1.807, 2.05) is 0 Å². The van der Waals surface area contributed by atoms with Gasteiger partial charge in [-0.25, -0.2) is 0 Å². The number of nitrogens with zero attached hydrogens (tertiary/aromatic N) is 1. The molecule has 1 saturated carbocycles. The minimum Gasteiger partial charge on any atom is -0.373 e. The number of amides is 1. The molecule has 0 aromatic heterocycles. The Kier molecular flexibility index (Phi) is 2.69. The van der Waals surface area contributed by atoms with Crippen LogP contribution in [0.25, 0.3) is 0 Å². The Bertz CT molecular complexity index is 328. The van der Waals surface area contributed by atoms with Gasteiger partial charge >= 0.3 is 0 Å². The van der Waals surface area contributed by atoms with Crippen LogP contribution < -0.4 is 0 Å². The molecule has 1 amide bonds.